The SMILES string of the molecule is CCNC(=NCc1ccccc1CN(C)C)NCC1CCCO1. The van der Waals surface area contributed by atoms with Gasteiger partial charge >= 0.3 is 0 Å². The van der Waals surface area contributed by atoms with Crippen LogP contribution in [0.3, 0.4) is 0 Å². The first-order valence-electron chi connectivity index (χ1n) is 8.54. The van der Waals surface area contributed by atoms with Gasteiger partial charge in [-0.2, -0.15) is 0 Å². The molecule has 0 spiro atoms. The zero-order chi connectivity index (χ0) is 16.5. The quantitative estimate of drug-likeness (QED) is 0.596. The van der Waals surface area contributed by atoms with Crippen LogP contribution in [-0.4, -0.2) is 50.8 Å². The van der Waals surface area contributed by atoms with Gasteiger partial charge in [0.05, 0.1) is 12.6 Å². The van der Waals surface area contributed by atoms with Crippen molar-refractivity contribution in [3.05, 3.63) is 35.4 Å². The normalized spacial score (nSPS) is 18.4. The lowest BCUT2D eigenvalue weighted by Gasteiger charge is -2.16. The number of aliphatic imine (C=N–C) groups is 1. The van der Waals surface area contributed by atoms with E-state index in [1.54, 1.807) is 0 Å². The second-order valence-electron chi connectivity index (χ2n) is 6.22. The first kappa shape index (κ1) is 17.8. The van der Waals surface area contributed by atoms with Crippen LogP contribution in [0.4, 0.5) is 0 Å². The second kappa shape index (κ2) is 9.53. The molecule has 0 saturated carbocycles. The maximum Gasteiger partial charge on any atom is 0.191 e. The van der Waals surface area contributed by atoms with Gasteiger partial charge in [-0.1, -0.05) is 24.3 Å². The third-order valence-electron chi connectivity index (χ3n) is 3.88. The molecule has 1 aromatic rings. The highest BCUT2D eigenvalue weighted by Crippen LogP contribution is 2.12. The second-order valence-corrected chi connectivity index (χ2v) is 6.22. The smallest absolute Gasteiger partial charge is 0.191 e. The van der Waals surface area contributed by atoms with Crippen molar-refractivity contribution in [1.29, 1.82) is 0 Å². The Morgan fingerprint density at radius 1 is 1.26 bits per heavy atom. The van der Waals surface area contributed by atoms with Gasteiger partial charge in [0, 0.05) is 26.2 Å². The molecule has 2 N–H and O–H groups in total. The standard InChI is InChI=1S/C18H30N4O/c1-4-19-18(21-13-17-10-7-11-23-17)20-12-15-8-5-6-9-16(15)14-22(2)3/h5-6,8-9,17H,4,7,10-14H2,1-3H3,(H2,19,20,21). The molecule has 1 aliphatic rings. The lowest BCUT2D eigenvalue weighted by Crippen LogP contribution is -2.41. The fourth-order valence-electron chi connectivity index (χ4n) is 2.73. The van der Waals surface area contributed by atoms with E-state index in [-0.39, 0.29) is 0 Å². The summed E-state index contributed by atoms with van der Waals surface area (Å²) in [5.41, 5.74) is 2.60. The fraction of sp³-hybridized carbons (Fsp3) is 0.611. The predicted molar refractivity (Wildman–Crippen MR) is 95.6 cm³/mol. The molecule has 2 rings (SSSR count). The number of hydrogen-bond donors (Lipinski definition) is 2. The first-order valence-corrected chi connectivity index (χ1v) is 8.54. The van der Waals surface area contributed by atoms with Gasteiger partial charge in [-0.3, -0.25) is 0 Å². The van der Waals surface area contributed by atoms with Crippen molar-refractivity contribution in [1.82, 2.24) is 15.5 Å². The van der Waals surface area contributed by atoms with E-state index in [1.807, 2.05) is 0 Å². The topological polar surface area (TPSA) is 48.9 Å². The van der Waals surface area contributed by atoms with E-state index >= 15 is 0 Å². The Morgan fingerprint density at radius 3 is 2.70 bits per heavy atom. The largest absolute Gasteiger partial charge is 0.376 e. The maximum atomic E-state index is 5.66. The molecule has 23 heavy (non-hydrogen) atoms. The summed E-state index contributed by atoms with van der Waals surface area (Å²) in [6, 6.07) is 8.51. The molecule has 1 fully saturated rings. The van der Waals surface area contributed by atoms with Crippen LogP contribution in [0.2, 0.25) is 0 Å². The van der Waals surface area contributed by atoms with Crippen molar-refractivity contribution in [3.63, 3.8) is 0 Å². The van der Waals surface area contributed by atoms with Crippen molar-refractivity contribution in [3.8, 4) is 0 Å². The molecule has 1 aromatic carbocycles. The third-order valence-corrected chi connectivity index (χ3v) is 3.88. The molecule has 0 aromatic heterocycles. The van der Waals surface area contributed by atoms with Crippen molar-refractivity contribution in [2.45, 2.75) is 39.0 Å². The zero-order valence-electron chi connectivity index (χ0n) is 14.6. The average molecular weight is 318 g/mol. The summed E-state index contributed by atoms with van der Waals surface area (Å²) in [6.07, 6.45) is 2.62. The molecule has 0 bridgehead atoms. The maximum absolute atomic E-state index is 5.66. The van der Waals surface area contributed by atoms with Crippen molar-refractivity contribution in [2.75, 3.05) is 33.8 Å². The van der Waals surface area contributed by atoms with E-state index in [9.17, 15) is 0 Å². The number of benzene rings is 1. The molecular weight excluding hydrogens is 288 g/mol. The molecule has 0 aliphatic carbocycles. The highest BCUT2D eigenvalue weighted by atomic mass is 16.5. The first-order chi connectivity index (χ1) is 11.2. The number of hydrogen-bond acceptors (Lipinski definition) is 3. The summed E-state index contributed by atoms with van der Waals surface area (Å²) in [6.45, 7) is 6.28. The molecule has 1 saturated heterocycles. The molecule has 0 amide bonds. The number of guanidine groups is 1. The molecule has 1 heterocycles. The average Bonchev–Trinajstić information content (AvgIpc) is 3.04. The predicted octanol–water partition coefficient (Wildman–Crippen LogP) is 1.98. The summed E-state index contributed by atoms with van der Waals surface area (Å²) in [5, 5.41) is 6.71. The Kier molecular flexibility index (Phi) is 7.36. The summed E-state index contributed by atoms with van der Waals surface area (Å²) in [4.78, 5) is 6.92. The minimum atomic E-state index is 0.319. The Balaban J connectivity index is 1.96. The van der Waals surface area contributed by atoms with E-state index in [2.05, 4.69) is 60.8 Å². The lowest BCUT2D eigenvalue weighted by atomic mass is 10.1. The minimum absolute atomic E-state index is 0.319. The summed E-state index contributed by atoms with van der Waals surface area (Å²) < 4.78 is 5.66. The highest BCUT2D eigenvalue weighted by Gasteiger charge is 2.15. The zero-order valence-corrected chi connectivity index (χ0v) is 14.6. The number of ether oxygens (including phenoxy) is 1. The van der Waals surface area contributed by atoms with E-state index < -0.39 is 0 Å². The summed E-state index contributed by atoms with van der Waals surface area (Å²) in [5.74, 6) is 0.864. The monoisotopic (exact) mass is 318 g/mol. The van der Waals surface area contributed by atoms with E-state index in [0.29, 0.717) is 12.6 Å². The number of rotatable bonds is 7. The number of nitrogens with zero attached hydrogens (tertiary/aromatic N) is 2. The summed E-state index contributed by atoms with van der Waals surface area (Å²) in [7, 11) is 4.18. The minimum Gasteiger partial charge on any atom is -0.376 e. The van der Waals surface area contributed by atoms with Crippen LogP contribution in [0.15, 0.2) is 29.3 Å². The molecule has 5 heteroatoms. The van der Waals surface area contributed by atoms with Gasteiger partial charge in [0.1, 0.15) is 0 Å². The molecule has 0 radical (unpaired) electrons. The molecule has 5 nitrogen and oxygen atoms in total. The van der Waals surface area contributed by atoms with Gasteiger partial charge < -0.3 is 20.3 Å². The van der Waals surface area contributed by atoms with Crippen LogP contribution in [0.1, 0.15) is 30.9 Å². The van der Waals surface area contributed by atoms with Crippen LogP contribution in [0.25, 0.3) is 0 Å². The van der Waals surface area contributed by atoms with Crippen LogP contribution in [-0.2, 0) is 17.8 Å². The fourth-order valence-corrected chi connectivity index (χ4v) is 2.73. The van der Waals surface area contributed by atoms with Gasteiger partial charge in [0.25, 0.3) is 0 Å². The molecule has 128 valence electrons. The highest BCUT2D eigenvalue weighted by molar-refractivity contribution is 5.79. The van der Waals surface area contributed by atoms with Gasteiger partial charge in [0.15, 0.2) is 5.96 Å². The van der Waals surface area contributed by atoms with Crippen molar-refractivity contribution < 1.29 is 4.74 Å². The molecule has 1 aliphatic heterocycles. The van der Waals surface area contributed by atoms with Gasteiger partial charge in [-0.25, -0.2) is 4.99 Å². The molecule has 1 atom stereocenters. The Morgan fingerprint density at radius 2 is 2.04 bits per heavy atom. The third kappa shape index (κ3) is 6.20. The number of nitrogens with one attached hydrogen (secondary N) is 2. The van der Waals surface area contributed by atoms with Crippen molar-refractivity contribution >= 4 is 5.96 Å². The Labute approximate surface area is 140 Å². The molecular formula is C18H30N4O. The van der Waals surface area contributed by atoms with Crippen LogP contribution in [0.5, 0.6) is 0 Å². The Bertz CT molecular complexity index is 496. The van der Waals surface area contributed by atoms with E-state index in [4.69, 9.17) is 9.73 Å². The summed E-state index contributed by atoms with van der Waals surface area (Å²) >= 11 is 0. The van der Waals surface area contributed by atoms with Crippen molar-refractivity contribution in [2.24, 2.45) is 4.99 Å². The molecule has 1 unspecified atom stereocenters. The lowest BCUT2D eigenvalue weighted by molar-refractivity contribution is 0.114. The Hall–Kier alpha value is -1.59. The van der Waals surface area contributed by atoms with Gasteiger partial charge in [-0.05, 0) is 45.0 Å². The van der Waals surface area contributed by atoms with Gasteiger partial charge in [0.2, 0.25) is 0 Å². The van der Waals surface area contributed by atoms with Crippen LogP contribution < -0.4 is 10.6 Å². The van der Waals surface area contributed by atoms with E-state index in [0.717, 1.165) is 45.0 Å². The van der Waals surface area contributed by atoms with Crippen LogP contribution >= 0.6 is 0 Å². The van der Waals surface area contributed by atoms with Crippen LogP contribution in [0, 0.1) is 0 Å². The van der Waals surface area contributed by atoms with Gasteiger partial charge in [-0.15, -0.1) is 0 Å². The van der Waals surface area contributed by atoms with E-state index in [1.165, 1.54) is 11.1 Å².